The Labute approximate surface area is 185 Å². The molecule has 0 saturated heterocycles. The third-order valence-corrected chi connectivity index (χ3v) is 7.71. The lowest BCUT2D eigenvalue weighted by molar-refractivity contribution is 0.100. The standard InChI is InChI=1S/C26H25FN4O/c27-18-3-5-22-21(13-18)19(7-8-29-22)20-11-16-10-17(20)9-14(16)2-6-25-30-23-4-1-15(26(28)32)12-24(23)31-25/h1,3-5,7-8,12-14,16-17,20H,2,6,9-11H2,(H2,28,32)(H,30,31). The molecule has 162 valence electrons. The third-order valence-electron chi connectivity index (χ3n) is 7.71. The van der Waals surface area contributed by atoms with Gasteiger partial charge in [0.05, 0.1) is 16.6 Å². The highest BCUT2D eigenvalue weighted by Gasteiger charge is 2.46. The van der Waals surface area contributed by atoms with Crippen molar-refractivity contribution in [2.24, 2.45) is 23.5 Å². The van der Waals surface area contributed by atoms with E-state index in [-0.39, 0.29) is 5.82 Å². The van der Waals surface area contributed by atoms with Crippen LogP contribution in [0.4, 0.5) is 4.39 Å². The number of aryl methyl sites for hydroxylation is 1. The number of rotatable bonds is 5. The number of aromatic amines is 1. The molecule has 0 spiro atoms. The van der Waals surface area contributed by atoms with Gasteiger partial charge in [0.2, 0.25) is 5.91 Å². The highest BCUT2D eigenvalue weighted by atomic mass is 19.1. The number of halogens is 1. The van der Waals surface area contributed by atoms with Crippen LogP contribution in [0.15, 0.2) is 48.7 Å². The topological polar surface area (TPSA) is 84.7 Å². The van der Waals surface area contributed by atoms with Crippen LogP contribution < -0.4 is 5.73 Å². The van der Waals surface area contributed by atoms with Crippen molar-refractivity contribution in [3.63, 3.8) is 0 Å². The van der Waals surface area contributed by atoms with Crippen molar-refractivity contribution in [2.75, 3.05) is 0 Å². The summed E-state index contributed by atoms with van der Waals surface area (Å²) in [5, 5.41) is 0.971. The molecule has 2 fully saturated rings. The fourth-order valence-corrected chi connectivity index (χ4v) is 6.24. The van der Waals surface area contributed by atoms with Gasteiger partial charge >= 0.3 is 0 Å². The van der Waals surface area contributed by atoms with Crippen LogP contribution in [-0.4, -0.2) is 20.9 Å². The molecule has 4 aromatic rings. The minimum Gasteiger partial charge on any atom is -0.366 e. The monoisotopic (exact) mass is 428 g/mol. The summed E-state index contributed by atoms with van der Waals surface area (Å²) in [4.78, 5) is 23.9. The molecule has 2 bridgehead atoms. The fraction of sp³-hybridized carbons (Fsp3) is 0.346. The minimum absolute atomic E-state index is 0.193. The van der Waals surface area contributed by atoms with Crippen molar-refractivity contribution in [1.82, 2.24) is 15.0 Å². The number of nitrogens with one attached hydrogen (secondary N) is 1. The summed E-state index contributed by atoms with van der Waals surface area (Å²) < 4.78 is 13.9. The van der Waals surface area contributed by atoms with E-state index in [0.717, 1.165) is 40.6 Å². The highest BCUT2D eigenvalue weighted by molar-refractivity contribution is 5.96. The van der Waals surface area contributed by atoms with Crippen molar-refractivity contribution < 1.29 is 9.18 Å². The second kappa shape index (κ2) is 7.40. The van der Waals surface area contributed by atoms with E-state index in [4.69, 9.17) is 5.73 Å². The summed E-state index contributed by atoms with van der Waals surface area (Å²) in [6, 6.07) is 12.4. The van der Waals surface area contributed by atoms with Crippen LogP contribution in [-0.2, 0) is 6.42 Å². The van der Waals surface area contributed by atoms with E-state index in [1.165, 1.54) is 30.9 Å². The molecule has 6 rings (SSSR count). The molecule has 2 heterocycles. The van der Waals surface area contributed by atoms with Gasteiger partial charge in [0.25, 0.3) is 0 Å². The van der Waals surface area contributed by atoms with Gasteiger partial charge in [0, 0.05) is 23.6 Å². The molecule has 5 nitrogen and oxygen atoms in total. The quantitative estimate of drug-likeness (QED) is 0.463. The zero-order valence-corrected chi connectivity index (χ0v) is 17.7. The van der Waals surface area contributed by atoms with E-state index in [1.54, 1.807) is 24.3 Å². The first-order valence-electron chi connectivity index (χ1n) is 11.4. The molecule has 6 heteroatoms. The minimum atomic E-state index is -0.433. The van der Waals surface area contributed by atoms with Gasteiger partial charge in [-0.15, -0.1) is 0 Å². The van der Waals surface area contributed by atoms with Gasteiger partial charge in [-0.3, -0.25) is 9.78 Å². The van der Waals surface area contributed by atoms with E-state index in [9.17, 15) is 9.18 Å². The van der Waals surface area contributed by atoms with Gasteiger partial charge in [-0.25, -0.2) is 9.37 Å². The fourth-order valence-electron chi connectivity index (χ4n) is 6.24. The van der Waals surface area contributed by atoms with E-state index < -0.39 is 5.91 Å². The Hall–Kier alpha value is -3.28. The number of carbonyl (C=O) groups is 1. The maximum atomic E-state index is 13.9. The second-order valence-electron chi connectivity index (χ2n) is 9.47. The number of fused-ring (bicyclic) bond motifs is 4. The van der Waals surface area contributed by atoms with E-state index in [1.807, 2.05) is 12.3 Å². The van der Waals surface area contributed by atoms with Gasteiger partial charge in [0.1, 0.15) is 11.6 Å². The molecule has 0 aliphatic heterocycles. The van der Waals surface area contributed by atoms with E-state index in [2.05, 4.69) is 21.0 Å². The van der Waals surface area contributed by atoms with Gasteiger partial charge in [-0.2, -0.15) is 0 Å². The van der Waals surface area contributed by atoms with Crippen LogP contribution in [0.1, 0.15) is 53.3 Å². The lowest BCUT2D eigenvalue weighted by Gasteiger charge is -2.29. The number of benzene rings is 2. The summed E-state index contributed by atoms with van der Waals surface area (Å²) in [6.07, 6.45) is 7.54. The molecule has 2 aromatic heterocycles. The lowest BCUT2D eigenvalue weighted by atomic mass is 9.76. The predicted molar refractivity (Wildman–Crippen MR) is 122 cm³/mol. The number of H-pyrrole nitrogens is 1. The Morgan fingerprint density at radius 3 is 2.78 bits per heavy atom. The Morgan fingerprint density at radius 2 is 1.97 bits per heavy atom. The Morgan fingerprint density at radius 1 is 1.06 bits per heavy atom. The molecule has 4 atom stereocenters. The number of nitrogens with zero attached hydrogens (tertiary/aromatic N) is 2. The largest absolute Gasteiger partial charge is 0.366 e. The van der Waals surface area contributed by atoms with Crippen LogP contribution in [0.3, 0.4) is 0 Å². The number of imidazole rings is 1. The number of amides is 1. The summed E-state index contributed by atoms with van der Waals surface area (Å²) in [6.45, 7) is 0. The van der Waals surface area contributed by atoms with E-state index in [0.29, 0.717) is 29.2 Å². The molecule has 3 N–H and O–H groups in total. The van der Waals surface area contributed by atoms with Gasteiger partial charge in [-0.05, 0) is 97.4 Å². The number of pyridine rings is 1. The average molecular weight is 429 g/mol. The predicted octanol–water partition coefficient (Wildman–Crippen LogP) is 5.11. The summed E-state index contributed by atoms with van der Waals surface area (Å²) in [5.41, 5.74) is 9.75. The summed E-state index contributed by atoms with van der Waals surface area (Å²) >= 11 is 0. The summed E-state index contributed by atoms with van der Waals surface area (Å²) in [5.74, 6) is 2.92. The molecule has 2 aromatic carbocycles. The lowest BCUT2D eigenvalue weighted by Crippen LogP contribution is -2.17. The van der Waals surface area contributed by atoms with Crippen LogP contribution in [0.25, 0.3) is 21.9 Å². The number of primary amides is 1. The smallest absolute Gasteiger partial charge is 0.248 e. The SMILES string of the molecule is NC(=O)c1ccc2[nH]c(CCC3CC4CC3CC4c3ccnc4ccc(F)cc34)nc2c1. The molecule has 0 radical (unpaired) electrons. The zero-order valence-electron chi connectivity index (χ0n) is 17.7. The van der Waals surface area contributed by atoms with Crippen molar-refractivity contribution in [3.05, 3.63) is 71.4 Å². The Kier molecular flexibility index (Phi) is 4.49. The van der Waals surface area contributed by atoms with Gasteiger partial charge in [-0.1, -0.05) is 0 Å². The number of hydrogen-bond acceptors (Lipinski definition) is 3. The van der Waals surface area contributed by atoms with Crippen LogP contribution >= 0.6 is 0 Å². The summed E-state index contributed by atoms with van der Waals surface area (Å²) in [7, 11) is 0. The van der Waals surface area contributed by atoms with Crippen molar-refractivity contribution in [1.29, 1.82) is 0 Å². The number of carbonyl (C=O) groups excluding carboxylic acids is 1. The molecule has 2 saturated carbocycles. The number of hydrogen-bond donors (Lipinski definition) is 2. The van der Waals surface area contributed by atoms with Gasteiger partial charge in [0.15, 0.2) is 0 Å². The number of nitrogens with two attached hydrogens (primary N) is 1. The maximum Gasteiger partial charge on any atom is 0.248 e. The first-order chi connectivity index (χ1) is 15.5. The normalized spacial score (nSPS) is 24.5. The molecule has 2 aliphatic carbocycles. The Balaban J connectivity index is 1.15. The molecular formula is C26H25FN4O. The van der Waals surface area contributed by atoms with Gasteiger partial charge < -0.3 is 10.7 Å². The molecule has 4 unspecified atom stereocenters. The van der Waals surface area contributed by atoms with Crippen molar-refractivity contribution >= 4 is 27.8 Å². The molecule has 32 heavy (non-hydrogen) atoms. The van der Waals surface area contributed by atoms with E-state index >= 15 is 0 Å². The first kappa shape index (κ1) is 19.4. The van der Waals surface area contributed by atoms with Crippen LogP contribution in [0.2, 0.25) is 0 Å². The highest BCUT2D eigenvalue weighted by Crippen LogP contribution is 2.57. The molecule has 2 aliphatic rings. The van der Waals surface area contributed by atoms with Crippen molar-refractivity contribution in [2.45, 2.75) is 38.0 Å². The van der Waals surface area contributed by atoms with Crippen LogP contribution in [0, 0.1) is 23.6 Å². The second-order valence-corrected chi connectivity index (χ2v) is 9.47. The Bertz CT molecular complexity index is 1350. The molecule has 1 amide bonds. The maximum absolute atomic E-state index is 13.9. The third kappa shape index (κ3) is 3.25. The first-order valence-corrected chi connectivity index (χ1v) is 11.4. The average Bonchev–Trinajstić information content (AvgIpc) is 3.50. The zero-order chi connectivity index (χ0) is 21.8. The van der Waals surface area contributed by atoms with Crippen molar-refractivity contribution in [3.8, 4) is 0 Å². The number of aromatic nitrogens is 3. The van der Waals surface area contributed by atoms with Crippen LogP contribution in [0.5, 0.6) is 0 Å². The molecular weight excluding hydrogens is 403 g/mol.